The second-order valence-electron chi connectivity index (χ2n) is 8.21. The molecule has 0 saturated carbocycles. The molecule has 0 fully saturated rings. The van der Waals surface area contributed by atoms with E-state index in [2.05, 4.69) is 50.3 Å². The number of benzene rings is 3. The van der Waals surface area contributed by atoms with Crippen LogP contribution in [0.2, 0.25) is 0 Å². The van der Waals surface area contributed by atoms with Gasteiger partial charge >= 0.3 is 0 Å². The van der Waals surface area contributed by atoms with Gasteiger partial charge in [-0.3, -0.25) is 4.79 Å². The van der Waals surface area contributed by atoms with Crippen molar-refractivity contribution < 1.29 is 4.79 Å². The molecular weight excluding hydrogens is 382 g/mol. The Kier molecular flexibility index (Phi) is 7.48. The van der Waals surface area contributed by atoms with Gasteiger partial charge in [0.05, 0.1) is 0 Å². The SMILES string of the molecule is CCC(CNc1ccc(N(C)C(=O)c2ccc(-c3ccccc3C)cc2)cc1)N(C)C. The summed E-state index contributed by atoms with van der Waals surface area (Å²) in [6.07, 6.45) is 1.10. The van der Waals surface area contributed by atoms with Gasteiger partial charge in [0.1, 0.15) is 0 Å². The minimum absolute atomic E-state index is 0.0179. The maximum Gasteiger partial charge on any atom is 0.258 e. The first-order valence-corrected chi connectivity index (χ1v) is 10.8. The number of carbonyl (C=O) groups excluding carboxylic acids is 1. The lowest BCUT2D eigenvalue weighted by atomic mass is 9.99. The molecule has 0 aliphatic heterocycles. The van der Waals surface area contributed by atoms with Gasteiger partial charge in [-0.15, -0.1) is 0 Å². The highest BCUT2D eigenvalue weighted by atomic mass is 16.2. The Morgan fingerprint density at radius 1 is 0.903 bits per heavy atom. The van der Waals surface area contributed by atoms with E-state index in [-0.39, 0.29) is 5.91 Å². The largest absolute Gasteiger partial charge is 0.383 e. The average molecular weight is 416 g/mol. The van der Waals surface area contributed by atoms with Crippen molar-refractivity contribution in [2.24, 2.45) is 0 Å². The molecule has 1 atom stereocenters. The number of amides is 1. The predicted octanol–water partition coefficient (Wildman–Crippen LogP) is 5.69. The quantitative estimate of drug-likeness (QED) is 0.513. The number of anilines is 2. The maximum atomic E-state index is 13.0. The summed E-state index contributed by atoms with van der Waals surface area (Å²) in [5, 5.41) is 3.49. The molecule has 3 aromatic carbocycles. The summed E-state index contributed by atoms with van der Waals surface area (Å²) >= 11 is 0. The van der Waals surface area contributed by atoms with E-state index < -0.39 is 0 Å². The van der Waals surface area contributed by atoms with Gasteiger partial charge in [0, 0.05) is 36.6 Å². The molecule has 1 unspecified atom stereocenters. The number of nitrogens with one attached hydrogen (secondary N) is 1. The van der Waals surface area contributed by atoms with Crippen LogP contribution in [0.1, 0.15) is 29.3 Å². The Hall–Kier alpha value is -3.11. The second-order valence-corrected chi connectivity index (χ2v) is 8.21. The monoisotopic (exact) mass is 415 g/mol. The molecule has 1 amide bonds. The fourth-order valence-electron chi connectivity index (χ4n) is 3.73. The van der Waals surface area contributed by atoms with Gasteiger partial charge in [0.2, 0.25) is 0 Å². The van der Waals surface area contributed by atoms with Crippen LogP contribution in [0.25, 0.3) is 11.1 Å². The van der Waals surface area contributed by atoms with E-state index in [0.717, 1.165) is 29.9 Å². The fourth-order valence-corrected chi connectivity index (χ4v) is 3.73. The standard InChI is InChI=1S/C27H33N3O/c1-6-24(29(3)4)19-28-23-15-17-25(18-16-23)30(5)27(31)22-13-11-21(12-14-22)26-10-8-7-9-20(26)2/h7-18,24,28H,6,19H2,1-5H3. The highest BCUT2D eigenvalue weighted by Gasteiger charge is 2.14. The highest BCUT2D eigenvalue weighted by Crippen LogP contribution is 2.24. The van der Waals surface area contributed by atoms with Gasteiger partial charge in [-0.25, -0.2) is 0 Å². The Balaban J connectivity index is 1.66. The molecule has 31 heavy (non-hydrogen) atoms. The van der Waals surface area contributed by atoms with Crippen LogP contribution in [0.4, 0.5) is 11.4 Å². The zero-order valence-corrected chi connectivity index (χ0v) is 19.2. The summed E-state index contributed by atoms with van der Waals surface area (Å²) in [7, 11) is 6.03. The van der Waals surface area contributed by atoms with Crippen LogP contribution in [0.3, 0.4) is 0 Å². The van der Waals surface area contributed by atoms with E-state index in [1.807, 2.05) is 67.7 Å². The highest BCUT2D eigenvalue weighted by molar-refractivity contribution is 6.06. The molecule has 3 rings (SSSR count). The lowest BCUT2D eigenvalue weighted by Gasteiger charge is -2.24. The number of aryl methyl sites for hydroxylation is 1. The van der Waals surface area contributed by atoms with Crippen LogP contribution in [0, 0.1) is 6.92 Å². The van der Waals surface area contributed by atoms with Crippen molar-refractivity contribution in [1.29, 1.82) is 0 Å². The van der Waals surface area contributed by atoms with Crippen LogP contribution < -0.4 is 10.2 Å². The normalized spacial score (nSPS) is 11.9. The van der Waals surface area contributed by atoms with Crippen LogP contribution >= 0.6 is 0 Å². The van der Waals surface area contributed by atoms with E-state index in [1.54, 1.807) is 4.90 Å². The van der Waals surface area contributed by atoms with Crippen molar-refractivity contribution in [2.45, 2.75) is 26.3 Å². The lowest BCUT2D eigenvalue weighted by Crippen LogP contribution is -2.33. The van der Waals surface area contributed by atoms with Crippen molar-refractivity contribution in [3.8, 4) is 11.1 Å². The number of likely N-dealkylation sites (N-methyl/N-ethyl adjacent to an activating group) is 1. The minimum Gasteiger partial charge on any atom is -0.383 e. The summed E-state index contributed by atoms with van der Waals surface area (Å²) in [6.45, 7) is 5.19. The first-order valence-electron chi connectivity index (χ1n) is 10.8. The third-order valence-corrected chi connectivity index (χ3v) is 5.89. The van der Waals surface area contributed by atoms with Gasteiger partial charge < -0.3 is 15.1 Å². The fraction of sp³-hybridized carbons (Fsp3) is 0.296. The molecule has 0 aromatic heterocycles. The van der Waals surface area contributed by atoms with Crippen molar-refractivity contribution in [3.63, 3.8) is 0 Å². The van der Waals surface area contributed by atoms with Gasteiger partial charge in [-0.05, 0) is 80.5 Å². The molecule has 0 aliphatic rings. The number of nitrogens with zero attached hydrogens (tertiary/aromatic N) is 2. The third-order valence-electron chi connectivity index (χ3n) is 5.89. The topological polar surface area (TPSA) is 35.6 Å². The molecule has 162 valence electrons. The summed E-state index contributed by atoms with van der Waals surface area (Å²) in [6, 6.07) is 24.7. The number of hydrogen-bond donors (Lipinski definition) is 1. The van der Waals surface area contributed by atoms with Crippen molar-refractivity contribution in [2.75, 3.05) is 37.9 Å². The molecule has 1 N–H and O–H groups in total. The molecule has 0 bridgehead atoms. The molecule has 4 nitrogen and oxygen atoms in total. The second kappa shape index (κ2) is 10.3. The molecule has 0 saturated heterocycles. The summed E-state index contributed by atoms with van der Waals surface area (Å²) < 4.78 is 0. The minimum atomic E-state index is -0.0179. The van der Waals surface area contributed by atoms with Crippen LogP contribution in [0.15, 0.2) is 72.8 Å². The molecular formula is C27H33N3O. The van der Waals surface area contributed by atoms with E-state index in [4.69, 9.17) is 0 Å². The summed E-state index contributed by atoms with van der Waals surface area (Å²) in [5.74, 6) is -0.0179. The van der Waals surface area contributed by atoms with Crippen molar-refractivity contribution >= 4 is 17.3 Å². The molecule has 0 spiro atoms. The maximum absolute atomic E-state index is 13.0. The van der Waals surface area contributed by atoms with E-state index in [1.165, 1.54) is 11.1 Å². The van der Waals surface area contributed by atoms with Gasteiger partial charge in [-0.1, -0.05) is 43.3 Å². The smallest absolute Gasteiger partial charge is 0.258 e. The molecule has 4 heteroatoms. The van der Waals surface area contributed by atoms with E-state index in [0.29, 0.717) is 11.6 Å². The number of rotatable bonds is 8. The average Bonchev–Trinajstić information content (AvgIpc) is 2.79. The Labute approximate surface area is 186 Å². The zero-order valence-electron chi connectivity index (χ0n) is 19.2. The van der Waals surface area contributed by atoms with Crippen LogP contribution in [-0.4, -0.2) is 44.5 Å². The molecule has 0 radical (unpaired) electrons. The first kappa shape index (κ1) is 22.6. The van der Waals surface area contributed by atoms with E-state index >= 15 is 0 Å². The van der Waals surface area contributed by atoms with Crippen LogP contribution in [-0.2, 0) is 0 Å². The Morgan fingerprint density at radius 2 is 1.55 bits per heavy atom. The van der Waals surface area contributed by atoms with Gasteiger partial charge in [0.15, 0.2) is 0 Å². The summed E-state index contributed by atoms with van der Waals surface area (Å²) in [5.41, 5.74) is 6.15. The van der Waals surface area contributed by atoms with Gasteiger partial charge in [0.25, 0.3) is 5.91 Å². The lowest BCUT2D eigenvalue weighted by molar-refractivity contribution is 0.0993. The molecule has 3 aromatic rings. The molecule has 0 heterocycles. The van der Waals surface area contributed by atoms with Gasteiger partial charge in [-0.2, -0.15) is 0 Å². The Morgan fingerprint density at radius 3 is 2.13 bits per heavy atom. The number of hydrogen-bond acceptors (Lipinski definition) is 3. The zero-order chi connectivity index (χ0) is 22.4. The van der Waals surface area contributed by atoms with E-state index in [9.17, 15) is 4.79 Å². The van der Waals surface area contributed by atoms with Crippen molar-refractivity contribution in [3.05, 3.63) is 83.9 Å². The summed E-state index contributed by atoms with van der Waals surface area (Å²) in [4.78, 5) is 16.9. The number of carbonyl (C=O) groups is 1. The van der Waals surface area contributed by atoms with Crippen molar-refractivity contribution in [1.82, 2.24) is 4.90 Å². The Bertz CT molecular complexity index is 994. The molecule has 0 aliphatic carbocycles. The predicted molar refractivity (Wildman–Crippen MR) is 132 cm³/mol. The first-order chi connectivity index (χ1) is 14.9. The van der Waals surface area contributed by atoms with Crippen LogP contribution in [0.5, 0.6) is 0 Å². The third kappa shape index (κ3) is 5.53.